The maximum Gasteiger partial charge on any atom is 0.203 e. The lowest BCUT2D eigenvalue weighted by Gasteiger charge is -2.28. The van der Waals surface area contributed by atoms with Gasteiger partial charge in [-0.15, -0.1) is 6.58 Å². The molecule has 0 amide bonds. The van der Waals surface area contributed by atoms with Gasteiger partial charge < -0.3 is 44.5 Å². The van der Waals surface area contributed by atoms with Crippen molar-refractivity contribution in [2.24, 2.45) is 0 Å². The molecule has 0 aliphatic carbocycles. The van der Waals surface area contributed by atoms with E-state index in [0.717, 1.165) is 49.7 Å². The minimum Gasteiger partial charge on any atom is -0.507 e. The fourth-order valence-corrected chi connectivity index (χ4v) is 6.48. The highest BCUT2D eigenvalue weighted by Gasteiger charge is 2.29. The van der Waals surface area contributed by atoms with E-state index in [1.807, 2.05) is 19.1 Å². The molecule has 0 aromatic heterocycles. The molecule has 0 unspecified atom stereocenters. The third-order valence-corrected chi connectivity index (χ3v) is 9.15. The van der Waals surface area contributed by atoms with Gasteiger partial charge in [-0.1, -0.05) is 43.9 Å². The number of ether oxygens (including phenoxy) is 4. The fourth-order valence-electron chi connectivity index (χ4n) is 6.48. The summed E-state index contributed by atoms with van der Waals surface area (Å²) in [6.45, 7) is 5.63. The van der Waals surface area contributed by atoms with Gasteiger partial charge >= 0.3 is 0 Å². The van der Waals surface area contributed by atoms with Crippen molar-refractivity contribution in [2.45, 2.75) is 76.7 Å². The van der Waals surface area contributed by atoms with Gasteiger partial charge in [0, 0.05) is 12.3 Å². The van der Waals surface area contributed by atoms with Crippen molar-refractivity contribution in [3.63, 3.8) is 0 Å². The summed E-state index contributed by atoms with van der Waals surface area (Å²) in [4.78, 5) is 13.2. The number of carbonyl (C=O) groups is 1. The number of Topliss-reactive ketones (excluding diaryl/α,β-unsaturated/α-hetero) is 1. The second-order valence-corrected chi connectivity index (χ2v) is 12.9. The van der Waals surface area contributed by atoms with E-state index in [1.165, 1.54) is 45.6 Å². The van der Waals surface area contributed by atoms with Crippen LogP contribution in [0, 0.1) is 0 Å². The van der Waals surface area contributed by atoms with Crippen LogP contribution in [0.4, 0.5) is 0 Å². The first kappa shape index (κ1) is 39.3. The fraction of sp³-hybridized carbons (Fsp3) is 0.357. The Morgan fingerprint density at radius 1 is 0.654 bits per heavy atom. The zero-order valence-corrected chi connectivity index (χ0v) is 30.4. The van der Waals surface area contributed by atoms with Gasteiger partial charge in [-0.25, -0.2) is 0 Å². The molecule has 5 N–H and O–H groups in total. The van der Waals surface area contributed by atoms with Gasteiger partial charge in [0.25, 0.3) is 0 Å². The van der Waals surface area contributed by atoms with Gasteiger partial charge in [0.2, 0.25) is 5.75 Å². The number of aromatic hydroxyl groups is 5. The van der Waals surface area contributed by atoms with Crippen molar-refractivity contribution >= 4 is 5.78 Å². The summed E-state index contributed by atoms with van der Waals surface area (Å²) in [5, 5.41) is 51.8. The third-order valence-electron chi connectivity index (χ3n) is 9.15. The summed E-state index contributed by atoms with van der Waals surface area (Å²) < 4.78 is 23.2. The molecule has 4 aromatic carbocycles. The summed E-state index contributed by atoms with van der Waals surface area (Å²) in [5.41, 5.74) is 2.89. The summed E-state index contributed by atoms with van der Waals surface area (Å²) in [7, 11) is 4.51. The van der Waals surface area contributed by atoms with Gasteiger partial charge in [0.15, 0.2) is 40.3 Å². The van der Waals surface area contributed by atoms with Crippen LogP contribution in [0.15, 0.2) is 73.3 Å². The van der Waals surface area contributed by atoms with Crippen molar-refractivity contribution in [2.75, 3.05) is 21.3 Å². The maximum absolute atomic E-state index is 13.2. The smallest absolute Gasteiger partial charge is 0.203 e. The van der Waals surface area contributed by atoms with Crippen molar-refractivity contribution in [1.82, 2.24) is 0 Å². The molecule has 0 spiro atoms. The minimum atomic E-state index is -0.657. The molecule has 0 bridgehead atoms. The first-order valence-electron chi connectivity index (χ1n) is 17.5. The summed E-state index contributed by atoms with van der Waals surface area (Å²) in [5.74, 6) is -0.458. The molecule has 0 saturated carbocycles. The second kappa shape index (κ2) is 18.6. The second-order valence-electron chi connectivity index (χ2n) is 12.9. The number of unbranched alkanes of at least 4 members (excludes halogenated alkanes) is 5. The topological polar surface area (TPSA) is 155 Å². The van der Waals surface area contributed by atoms with E-state index in [-0.39, 0.29) is 52.3 Å². The highest BCUT2D eigenvalue weighted by Crippen LogP contribution is 2.44. The molecular formula is C42H50O10. The van der Waals surface area contributed by atoms with Crippen LogP contribution >= 0.6 is 0 Å². The molecule has 0 aliphatic heterocycles. The molecule has 4 aromatic rings. The van der Waals surface area contributed by atoms with E-state index in [0.29, 0.717) is 41.2 Å². The van der Waals surface area contributed by atoms with Crippen LogP contribution in [-0.4, -0.2) is 58.7 Å². The lowest BCUT2D eigenvalue weighted by Crippen LogP contribution is -2.24. The quantitative estimate of drug-likeness (QED) is 0.0260. The van der Waals surface area contributed by atoms with E-state index in [9.17, 15) is 30.3 Å². The van der Waals surface area contributed by atoms with Crippen LogP contribution in [0.3, 0.4) is 0 Å². The van der Waals surface area contributed by atoms with Gasteiger partial charge in [-0.3, -0.25) is 4.79 Å². The normalized spacial score (nSPS) is 12.2. The summed E-state index contributed by atoms with van der Waals surface area (Å²) in [6.07, 6.45) is 8.00. The molecule has 2 atom stereocenters. The number of rotatable bonds is 20. The number of hydrogen-bond donors (Lipinski definition) is 5. The Morgan fingerprint density at radius 3 is 1.85 bits per heavy atom. The predicted molar refractivity (Wildman–Crippen MR) is 200 cm³/mol. The highest BCUT2D eigenvalue weighted by molar-refractivity contribution is 6.01. The molecule has 10 heteroatoms. The van der Waals surface area contributed by atoms with Crippen molar-refractivity contribution in [3.05, 3.63) is 101 Å². The monoisotopic (exact) mass is 714 g/mol. The first-order valence-corrected chi connectivity index (χ1v) is 17.5. The molecule has 10 nitrogen and oxygen atoms in total. The molecule has 0 aliphatic rings. The van der Waals surface area contributed by atoms with Crippen LogP contribution in [-0.2, 0) is 12.8 Å². The predicted octanol–water partition coefficient (Wildman–Crippen LogP) is 8.72. The van der Waals surface area contributed by atoms with E-state index in [2.05, 4.69) is 6.58 Å². The van der Waals surface area contributed by atoms with Gasteiger partial charge in [0.05, 0.1) is 21.3 Å². The number of carbonyl (C=O) groups excluding carboxylic acids is 1. The molecular weight excluding hydrogens is 664 g/mol. The largest absolute Gasteiger partial charge is 0.507 e. The Labute approximate surface area is 305 Å². The molecule has 52 heavy (non-hydrogen) atoms. The van der Waals surface area contributed by atoms with E-state index in [4.69, 9.17) is 18.9 Å². The Hall–Kier alpha value is -5.51. The van der Waals surface area contributed by atoms with Gasteiger partial charge in [-0.2, -0.15) is 0 Å². The zero-order chi connectivity index (χ0) is 37.8. The first-order chi connectivity index (χ1) is 25.0. The number of aryl methyl sites for hydroxylation is 1. The average molecular weight is 715 g/mol. The lowest BCUT2D eigenvalue weighted by molar-refractivity contribution is 0.0973. The molecule has 4 rings (SSSR count). The summed E-state index contributed by atoms with van der Waals surface area (Å²) >= 11 is 0. The van der Waals surface area contributed by atoms with Crippen molar-refractivity contribution in [3.8, 4) is 51.7 Å². The molecule has 0 radical (unpaired) electrons. The Morgan fingerprint density at radius 2 is 1.25 bits per heavy atom. The molecule has 0 saturated heterocycles. The number of ketones is 1. The Balaban J connectivity index is 1.48. The molecule has 278 valence electrons. The van der Waals surface area contributed by atoms with E-state index in [1.54, 1.807) is 30.3 Å². The number of phenolic OH excluding ortho intramolecular Hbond substituents is 5. The lowest BCUT2D eigenvalue weighted by atomic mass is 9.85. The minimum absolute atomic E-state index is 0.0541. The van der Waals surface area contributed by atoms with Crippen molar-refractivity contribution < 1.29 is 49.3 Å². The van der Waals surface area contributed by atoms with Crippen LogP contribution < -0.4 is 18.9 Å². The Bertz CT molecular complexity index is 1780. The zero-order valence-electron chi connectivity index (χ0n) is 30.4. The van der Waals surface area contributed by atoms with Crippen LogP contribution in [0.1, 0.15) is 90.4 Å². The SMILES string of the molecule is C=CCc1cc(OC)c(O[C@@H](C)[C@@H](c2cc(O)c(C(=O)CCCCCCCCc3ccc(O)c(O)c3)c(O)c2)c2ccc(O)c(OC)c2)c(OC)c1. The number of allylic oxidation sites excluding steroid dienone is 1. The van der Waals surface area contributed by atoms with E-state index < -0.39 is 12.0 Å². The summed E-state index contributed by atoms with van der Waals surface area (Å²) in [6, 6.07) is 16.4. The van der Waals surface area contributed by atoms with Crippen LogP contribution in [0.2, 0.25) is 0 Å². The van der Waals surface area contributed by atoms with Crippen LogP contribution in [0.25, 0.3) is 0 Å². The number of hydrogen-bond acceptors (Lipinski definition) is 10. The number of phenols is 5. The number of benzene rings is 4. The Kier molecular flexibility index (Phi) is 14.1. The molecule has 0 heterocycles. The van der Waals surface area contributed by atoms with Crippen molar-refractivity contribution in [1.29, 1.82) is 0 Å². The third kappa shape index (κ3) is 9.84. The van der Waals surface area contributed by atoms with Gasteiger partial charge in [-0.05, 0) is 103 Å². The average Bonchev–Trinajstić information content (AvgIpc) is 3.11. The molecule has 0 fully saturated rings. The highest BCUT2D eigenvalue weighted by atomic mass is 16.5. The maximum atomic E-state index is 13.2. The van der Waals surface area contributed by atoms with E-state index >= 15 is 0 Å². The number of methoxy groups -OCH3 is 3. The van der Waals surface area contributed by atoms with Gasteiger partial charge in [0.1, 0.15) is 23.2 Å². The standard InChI is InChI=1S/C42H50O10/c1-6-13-28-21-38(50-4)42(39(22-28)51-5)52-26(2)40(29-17-19-32(44)37(25-29)49-3)30-23-35(47)41(36(48)24-30)33(45)15-12-10-8-7-9-11-14-27-16-18-31(43)34(46)20-27/h6,16-26,40,43-44,46-48H,1,7-15H2,2-5H3/t26-,40+/m0/s1. The van der Waals surface area contributed by atoms with Crippen LogP contribution in [0.5, 0.6) is 51.7 Å².